The maximum atomic E-state index is 11.6. The Morgan fingerprint density at radius 2 is 1.66 bits per heavy atom. The topological polar surface area (TPSA) is 57.2 Å². The van der Waals surface area contributed by atoms with Crippen molar-refractivity contribution in [3.8, 4) is 5.75 Å². The first-order valence-electron chi connectivity index (χ1n) is 10.2. The Bertz CT molecular complexity index is 815. The Kier molecular flexibility index (Phi) is 7.50. The predicted octanol–water partition coefficient (Wildman–Crippen LogP) is 2.90. The zero-order chi connectivity index (χ0) is 20.5. The van der Waals surface area contributed by atoms with Crippen LogP contribution in [-0.4, -0.2) is 54.4 Å². The molecule has 3 rings (SSSR count). The molecule has 154 valence electrons. The van der Waals surface area contributed by atoms with Gasteiger partial charge in [0.2, 0.25) is 5.91 Å². The smallest absolute Gasteiger partial charge is 0.219 e. The van der Waals surface area contributed by atoms with E-state index in [1.165, 1.54) is 0 Å². The lowest BCUT2D eigenvalue weighted by atomic mass is 10.2. The number of aliphatic imine (C=N–C) groups is 1. The van der Waals surface area contributed by atoms with Crippen LogP contribution in [0.5, 0.6) is 5.75 Å². The molecule has 2 aromatic carbocycles. The summed E-state index contributed by atoms with van der Waals surface area (Å²) < 4.78 is 6.05. The van der Waals surface area contributed by atoms with Gasteiger partial charge in [-0.05, 0) is 18.6 Å². The van der Waals surface area contributed by atoms with Crippen molar-refractivity contribution in [2.75, 3.05) is 32.7 Å². The molecule has 0 saturated carbocycles. The molecule has 0 atom stereocenters. The molecule has 6 nitrogen and oxygen atoms in total. The van der Waals surface area contributed by atoms with Gasteiger partial charge in [0.15, 0.2) is 5.96 Å². The summed E-state index contributed by atoms with van der Waals surface area (Å²) in [4.78, 5) is 20.5. The number of hydrogen-bond acceptors (Lipinski definition) is 3. The number of nitrogens with one attached hydrogen (secondary N) is 1. The second kappa shape index (κ2) is 10.5. The SMILES string of the molecule is CCNC(=NCc1ccccc1OCc1ccccc1)N1CCN(C(C)=O)CC1. The summed E-state index contributed by atoms with van der Waals surface area (Å²) in [6.45, 7) is 8.62. The van der Waals surface area contributed by atoms with Gasteiger partial charge in [0.1, 0.15) is 12.4 Å². The molecule has 1 saturated heterocycles. The fourth-order valence-corrected chi connectivity index (χ4v) is 3.33. The fourth-order valence-electron chi connectivity index (χ4n) is 3.33. The van der Waals surface area contributed by atoms with Gasteiger partial charge in [-0.15, -0.1) is 0 Å². The summed E-state index contributed by atoms with van der Waals surface area (Å²) in [5, 5.41) is 3.38. The molecule has 6 heteroatoms. The van der Waals surface area contributed by atoms with Crippen LogP contribution in [0.1, 0.15) is 25.0 Å². The molecular weight excluding hydrogens is 364 g/mol. The number of hydrogen-bond donors (Lipinski definition) is 1. The Balaban J connectivity index is 1.65. The van der Waals surface area contributed by atoms with E-state index in [-0.39, 0.29) is 5.91 Å². The lowest BCUT2D eigenvalue weighted by Crippen LogP contribution is -2.53. The summed E-state index contributed by atoms with van der Waals surface area (Å²) in [6, 6.07) is 18.2. The number of nitrogens with zero attached hydrogens (tertiary/aromatic N) is 3. The summed E-state index contributed by atoms with van der Waals surface area (Å²) in [5.74, 6) is 1.88. The number of piperazine rings is 1. The van der Waals surface area contributed by atoms with Crippen LogP contribution in [0.2, 0.25) is 0 Å². The van der Waals surface area contributed by atoms with Crippen molar-refractivity contribution in [3.63, 3.8) is 0 Å². The van der Waals surface area contributed by atoms with Crippen molar-refractivity contribution in [2.24, 2.45) is 4.99 Å². The highest BCUT2D eigenvalue weighted by Crippen LogP contribution is 2.20. The predicted molar refractivity (Wildman–Crippen MR) is 116 cm³/mol. The van der Waals surface area contributed by atoms with E-state index in [4.69, 9.17) is 9.73 Å². The van der Waals surface area contributed by atoms with E-state index < -0.39 is 0 Å². The molecule has 1 aliphatic heterocycles. The second-order valence-corrected chi connectivity index (χ2v) is 7.05. The van der Waals surface area contributed by atoms with Crippen molar-refractivity contribution in [1.82, 2.24) is 15.1 Å². The quantitative estimate of drug-likeness (QED) is 0.605. The highest BCUT2D eigenvalue weighted by Gasteiger charge is 2.20. The summed E-state index contributed by atoms with van der Waals surface area (Å²) in [6.07, 6.45) is 0. The van der Waals surface area contributed by atoms with Gasteiger partial charge in [-0.25, -0.2) is 4.99 Å². The Labute approximate surface area is 173 Å². The van der Waals surface area contributed by atoms with Crippen LogP contribution in [0, 0.1) is 0 Å². The van der Waals surface area contributed by atoms with Gasteiger partial charge in [-0.3, -0.25) is 4.79 Å². The van der Waals surface area contributed by atoms with E-state index in [2.05, 4.69) is 35.3 Å². The second-order valence-electron chi connectivity index (χ2n) is 7.05. The van der Waals surface area contributed by atoms with E-state index in [0.717, 1.165) is 55.6 Å². The lowest BCUT2D eigenvalue weighted by Gasteiger charge is -2.36. The van der Waals surface area contributed by atoms with Crippen molar-refractivity contribution < 1.29 is 9.53 Å². The van der Waals surface area contributed by atoms with Crippen LogP contribution < -0.4 is 10.1 Å². The Hall–Kier alpha value is -3.02. The molecule has 1 heterocycles. The van der Waals surface area contributed by atoms with Gasteiger partial charge < -0.3 is 19.9 Å². The van der Waals surface area contributed by atoms with E-state index in [0.29, 0.717) is 13.2 Å². The van der Waals surface area contributed by atoms with Gasteiger partial charge in [0.25, 0.3) is 0 Å². The maximum absolute atomic E-state index is 11.6. The molecule has 1 fully saturated rings. The molecule has 29 heavy (non-hydrogen) atoms. The van der Waals surface area contributed by atoms with E-state index in [1.54, 1.807) is 6.92 Å². The number of amides is 1. The van der Waals surface area contributed by atoms with Gasteiger partial charge in [-0.2, -0.15) is 0 Å². The molecule has 2 aromatic rings. The molecule has 1 N–H and O–H groups in total. The van der Waals surface area contributed by atoms with Crippen LogP contribution in [0.15, 0.2) is 59.6 Å². The number of carbonyl (C=O) groups is 1. The monoisotopic (exact) mass is 394 g/mol. The Morgan fingerprint density at radius 1 is 1.00 bits per heavy atom. The van der Waals surface area contributed by atoms with Crippen LogP contribution in [0.3, 0.4) is 0 Å². The molecule has 0 bridgehead atoms. The fraction of sp³-hybridized carbons (Fsp3) is 0.391. The van der Waals surface area contributed by atoms with Crippen molar-refractivity contribution >= 4 is 11.9 Å². The number of rotatable bonds is 6. The standard InChI is InChI=1S/C23H30N4O2/c1-3-24-23(27-15-13-26(14-16-27)19(2)28)25-17-21-11-7-8-12-22(21)29-18-20-9-5-4-6-10-20/h4-12H,3,13-18H2,1-2H3,(H,24,25). The molecule has 1 amide bonds. The highest BCUT2D eigenvalue weighted by atomic mass is 16.5. The Morgan fingerprint density at radius 3 is 2.34 bits per heavy atom. The first-order valence-corrected chi connectivity index (χ1v) is 10.2. The molecule has 0 radical (unpaired) electrons. The number of guanidine groups is 1. The summed E-state index contributed by atoms with van der Waals surface area (Å²) in [7, 11) is 0. The van der Waals surface area contributed by atoms with Crippen LogP contribution in [-0.2, 0) is 17.9 Å². The molecule has 1 aliphatic rings. The normalized spacial score (nSPS) is 14.6. The first kappa shape index (κ1) is 20.7. The van der Waals surface area contributed by atoms with E-state index in [1.807, 2.05) is 41.3 Å². The molecule has 0 unspecified atom stereocenters. The lowest BCUT2D eigenvalue weighted by molar-refractivity contribution is -0.130. The van der Waals surface area contributed by atoms with Crippen LogP contribution in [0.4, 0.5) is 0 Å². The van der Waals surface area contributed by atoms with Crippen molar-refractivity contribution in [3.05, 3.63) is 65.7 Å². The largest absolute Gasteiger partial charge is 0.489 e. The molecule has 0 aromatic heterocycles. The molecule has 0 aliphatic carbocycles. The number of carbonyl (C=O) groups excluding carboxylic acids is 1. The number of para-hydroxylation sites is 1. The minimum Gasteiger partial charge on any atom is -0.489 e. The first-order chi connectivity index (χ1) is 14.2. The zero-order valence-electron chi connectivity index (χ0n) is 17.3. The van der Waals surface area contributed by atoms with E-state index >= 15 is 0 Å². The van der Waals surface area contributed by atoms with Crippen LogP contribution >= 0.6 is 0 Å². The van der Waals surface area contributed by atoms with Gasteiger partial charge in [0, 0.05) is 45.2 Å². The van der Waals surface area contributed by atoms with Crippen molar-refractivity contribution in [1.29, 1.82) is 0 Å². The van der Waals surface area contributed by atoms with Gasteiger partial charge >= 0.3 is 0 Å². The third-order valence-corrected chi connectivity index (χ3v) is 4.97. The van der Waals surface area contributed by atoms with E-state index in [9.17, 15) is 4.79 Å². The number of benzene rings is 2. The highest BCUT2D eigenvalue weighted by molar-refractivity contribution is 5.80. The summed E-state index contributed by atoms with van der Waals surface area (Å²) >= 11 is 0. The molecular formula is C23H30N4O2. The molecule has 0 spiro atoms. The third kappa shape index (κ3) is 5.98. The minimum atomic E-state index is 0.135. The average Bonchev–Trinajstić information content (AvgIpc) is 2.76. The maximum Gasteiger partial charge on any atom is 0.219 e. The van der Waals surface area contributed by atoms with Crippen LogP contribution in [0.25, 0.3) is 0 Å². The van der Waals surface area contributed by atoms with Gasteiger partial charge in [0.05, 0.1) is 6.54 Å². The average molecular weight is 395 g/mol. The third-order valence-electron chi connectivity index (χ3n) is 4.97. The van der Waals surface area contributed by atoms with Crippen molar-refractivity contribution in [2.45, 2.75) is 27.0 Å². The van der Waals surface area contributed by atoms with Gasteiger partial charge in [-0.1, -0.05) is 48.5 Å². The summed E-state index contributed by atoms with van der Waals surface area (Å²) in [5.41, 5.74) is 2.20. The number of ether oxygens (including phenoxy) is 1. The zero-order valence-corrected chi connectivity index (χ0v) is 17.3. The minimum absolute atomic E-state index is 0.135.